The van der Waals surface area contributed by atoms with Gasteiger partial charge in [-0.25, -0.2) is 4.98 Å². The van der Waals surface area contributed by atoms with E-state index in [1.807, 2.05) is 56.4 Å². The van der Waals surface area contributed by atoms with E-state index < -0.39 is 0 Å². The molecule has 3 rings (SSSR count). The van der Waals surface area contributed by atoms with Crippen LogP contribution in [-0.4, -0.2) is 12.0 Å². The number of benzene rings is 2. The number of hydrogen-bond acceptors (Lipinski definition) is 3. The van der Waals surface area contributed by atoms with Crippen LogP contribution in [0.15, 0.2) is 54.6 Å². The van der Waals surface area contributed by atoms with Crippen molar-refractivity contribution >= 4 is 10.9 Å². The van der Waals surface area contributed by atoms with E-state index in [0.717, 1.165) is 34.3 Å². The Labute approximate surface area is 124 Å². The van der Waals surface area contributed by atoms with E-state index in [9.17, 15) is 0 Å². The molecule has 0 bridgehead atoms. The molecule has 0 fully saturated rings. The fraction of sp³-hybridized carbons (Fsp3) is 0.167. The summed E-state index contributed by atoms with van der Waals surface area (Å²) in [6.07, 6.45) is 0. The molecule has 0 aliphatic carbocycles. The maximum absolute atomic E-state index is 6.05. The van der Waals surface area contributed by atoms with Crippen molar-refractivity contribution in [2.45, 2.75) is 13.5 Å². The van der Waals surface area contributed by atoms with E-state index in [-0.39, 0.29) is 0 Å². The van der Waals surface area contributed by atoms with Crippen LogP contribution >= 0.6 is 0 Å². The number of hydrogen-bond donors (Lipinski definition) is 1. The number of para-hydroxylation sites is 2. The lowest BCUT2D eigenvalue weighted by Crippen LogP contribution is -2.07. The molecule has 0 amide bonds. The molecule has 0 saturated heterocycles. The third kappa shape index (κ3) is 2.88. The van der Waals surface area contributed by atoms with Gasteiger partial charge in [-0.05, 0) is 37.7 Å². The minimum absolute atomic E-state index is 0.664. The van der Waals surface area contributed by atoms with Crippen LogP contribution < -0.4 is 10.1 Å². The molecule has 0 aliphatic rings. The van der Waals surface area contributed by atoms with E-state index >= 15 is 0 Å². The molecule has 2 aromatic carbocycles. The van der Waals surface area contributed by atoms with Crippen LogP contribution in [-0.2, 0) is 6.54 Å². The highest BCUT2D eigenvalue weighted by Gasteiger charge is 2.10. The average molecular weight is 278 g/mol. The van der Waals surface area contributed by atoms with Gasteiger partial charge in [-0.3, -0.25) is 0 Å². The molecule has 0 spiro atoms. The van der Waals surface area contributed by atoms with Gasteiger partial charge in [0.05, 0.1) is 5.52 Å². The Morgan fingerprint density at radius 1 is 1.05 bits per heavy atom. The van der Waals surface area contributed by atoms with Crippen molar-refractivity contribution in [3.8, 4) is 11.6 Å². The summed E-state index contributed by atoms with van der Waals surface area (Å²) in [5, 5.41) is 4.29. The van der Waals surface area contributed by atoms with Crippen molar-refractivity contribution in [3.63, 3.8) is 0 Å². The molecule has 3 heteroatoms. The summed E-state index contributed by atoms with van der Waals surface area (Å²) in [5.74, 6) is 1.51. The van der Waals surface area contributed by atoms with Gasteiger partial charge in [0.1, 0.15) is 5.75 Å². The second-order valence-corrected chi connectivity index (χ2v) is 5.04. The molecule has 0 atom stereocenters. The second kappa shape index (κ2) is 5.94. The zero-order valence-corrected chi connectivity index (χ0v) is 12.3. The van der Waals surface area contributed by atoms with E-state index in [1.54, 1.807) is 0 Å². The van der Waals surface area contributed by atoms with Crippen molar-refractivity contribution in [3.05, 3.63) is 65.7 Å². The lowest BCUT2D eigenvalue weighted by Gasteiger charge is -2.13. The van der Waals surface area contributed by atoms with Crippen LogP contribution in [0.1, 0.15) is 11.1 Å². The molecular weight excluding hydrogens is 260 g/mol. The van der Waals surface area contributed by atoms with Crippen LogP contribution in [0.5, 0.6) is 11.6 Å². The number of fused-ring (bicyclic) bond motifs is 1. The Morgan fingerprint density at radius 3 is 2.62 bits per heavy atom. The number of aromatic nitrogens is 1. The topological polar surface area (TPSA) is 34.2 Å². The Balaban J connectivity index is 2.07. The molecule has 1 N–H and O–H groups in total. The fourth-order valence-electron chi connectivity index (χ4n) is 2.32. The van der Waals surface area contributed by atoms with Gasteiger partial charge in [0.2, 0.25) is 5.88 Å². The standard InChI is InChI=1S/C18H18N2O/c1-13-7-3-6-10-17(13)21-18-15(12-19-2)11-14-8-4-5-9-16(14)20-18/h3-11,19H,12H2,1-2H3. The summed E-state index contributed by atoms with van der Waals surface area (Å²) >= 11 is 0. The zero-order chi connectivity index (χ0) is 14.7. The van der Waals surface area contributed by atoms with E-state index in [2.05, 4.69) is 22.4 Å². The van der Waals surface area contributed by atoms with Gasteiger partial charge in [0.25, 0.3) is 0 Å². The molecule has 0 radical (unpaired) electrons. The highest BCUT2D eigenvalue weighted by atomic mass is 16.5. The van der Waals surface area contributed by atoms with E-state index in [1.165, 1.54) is 0 Å². The van der Waals surface area contributed by atoms with Crippen LogP contribution in [0.2, 0.25) is 0 Å². The first-order valence-electron chi connectivity index (χ1n) is 7.04. The first kappa shape index (κ1) is 13.6. The minimum atomic E-state index is 0.664. The van der Waals surface area contributed by atoms with Gasteiger partial charge >= 0.3 is 0 Å². The Morgan fingerprint density at radius 2 is 1.81 bits per heavy atom. The predicted octanol–water partition coefficient (Wildman–Crippen LogP) is 4.05. The van der Waals surface area contributed by atoms with Gasteiger partial charge in [-0.15, -0.1) is 0 Å². The molecule has 1 aromatic heterocycles. The molecule has 3 nitrogen and oxygen atoms in total. The van der Waals surface area contributed by atoms with E-state index in [4.69, 9.17) is 4.74 Å². The summed E-state index contributed by atoms with van der Waals surface area (Å²) in [4.78, 5) is 4.67. The Kier molecular flexibility index (Phi) is 3.84. The zero-order valence-electron chi connectivity index (χ0n) is 12.3. The number of rotatable bonds is 4. The molecule has 106 valence electrons. The van der Waals surface area contributed by atoms with Gasteiger partial charge in [0, 0.05) is 17.5 Å². The van der Waals surface area contributed by atoms with Crippen LogP contribution in [0.3, 0.4) is 0 Å². The highest BCUT2D eigenvalue weighted by Crippen LogP contribution is 2.28. The first-order valence-corrected chi connectivity index (χ1v) is 7.04. The van der Waals surface area contributed by atoms with Gasteiger partial charge in [-0.1, -0.05) is 36.4 Å². The fourth-order valence-corrected chi connectivity index (χ4v) is 2.32. The maximum atomic E-state index is 6.05. The van der Waals surface area contributed by atoms with Crippen molar-refractivity contribution in [1.29, 1.82) is 0 Å². The molecule has 3 aromatic rings. The van der Waals surface area contributed by atoms with Crippen molar-refractivity contribution in [2.75, 3.05) is 7.05 Å². The van der Waals surface area contributed by atoms with Gasteiger partial charge < -0.3 is 10.1 Å². The number of pyridine rings is 1. The van der Waals surface area contributed by atoms with Crippen molar-refractivity contribution in [2.24, 2.45) is 0 Å². The molecule has 0 saturated carbocycles. The third-order valence-corrected chi connectivity index (χ3v) is 3.43. The SMILES string of the molecule is CNCc1cc2ccccc2nc1Oc1ccccc1C. The summed E-state index contributed by atoms with van der Waals surface area (Å²) < 4.78 is 6.05. The molecule has 1 heterocycles. The van der Waals surface area contributed by atoms with Gasteiger partial charge in [-0.2, -0.15) is 0 Å². The average Bonchev–Trinajstić information content (AvgIpc) is 2.50. The number of nitrogens with one attached hydrogen (secondary N) is 1. The smallest absolute Gasteiger partial charge is 0.224 e. The Bertz CT molecular complexity index is 768. The van der Waals surface area contributed by atoms with E-state index in [0.29, 0.717) is 5.88 Å². The lowest BCUT2D eigenvalue weighted by molar-refractivity contribution is 0.453. The largest absolute Gasteiger partial charge is 0.438 e. The minimum Gasteiger partial charge on any atom is -0.438 e. The summed E-state index contributed by atoms with van der Waals surface area (Å²) in [6, 6.07) is 18.2. The number of nitrogens with zero attached hydrogens (tertiary/aromatic N) is 1. The lowest BCUT2D eigenvalue weighted by atomic mass is 10.1. The van der Waals surface area contributed by atoms with Crippen LogP contribution in [0.4, 0.5) is 0 Å². The molecule has 0 unspecified atom stereocenters. The molecular formula is C18H18N2O. The van der Waals surface area contributed by atoms with Gasteiger partial charge in [0.15, 0.2) is 0 Å². The number of aryl methyl sites for hydroxylation is 1. The Hall–Kier alpha value is -2.39. The number of ether oxygens (including phenoxy) is 1. The van der Waals surface area contributed by atoms with Crippen molar-refractivity contribution in [1.82, 2.24) is 10.3 Å². The summed E-state index contributed by atoms with van der Waals surface area (Å²) in [5.41, 5.74) is 3.10. The monoisotopic (exact) mass is 278 g/mol. The van der Waals surface area contributed by atoms with Crippen LogP contribution in [0, 0.1) is 6.92 Å². The molecule has 21 heavy (non-hydrogen) atoms. The predicted molar refractivity (Wildman–Crippen MR) is 85.8 cm³/mol. The van der Waals surface area contributed by atoms with Crippen LogP contribution in [0.25, 0.3) is 10.9 Å². The quantitative estimate of drug-likeness (QED) is 0.781. The third-order valence-electron chi connectivity index (χ3n) is 3.43. The highest BCUT2D eigenvalue weighted by molar-refractivity contribution is 5.80. The van der Waals surface area contributed by atoms with Crippen molar-refractivity contribution < 1.29 is 4.74 Å². The summed E-state index contributed by atoms with van der Waals surface area (Å²) in [6.45, 7) is 2.76. The molecule has 0 aliphatic heterocycles. The summed E-state index contributed by atoms with van der Waals surface area (Å²) in [7, 11) is 1.92. The second-order valence-electron chi connectivity index (χ2n) is 5.04. The first-order chi connectivity index (χ1) is 10.3. The maximum Gasteiger partial charge on any atom is 0.224 e. The normalized spacial score (nSPS) is 10.8.